The zero-order valence-corrected chi connectivity index (χ0v) is 11.8. The number of nitrogens with zero attached hydrogens (tertiary/aromatic N) is 1. The standard InChI is InChI=1S/C16H17NOS/c1-3-10-17(12-14-7-5-4-6-8-14)16(18)15-13(2)9-11-19-15/h3-9,11H,1,10,12H2,2H3. The number of carbonyl (C=O) groups is 1. The van der Waals surface area contributed by atoms with Crippen molar-refractivity contribution in [2.45, 2.75) is 13.5 Å². The zero-order chi connectivity index (χ0) is 13.7. The van der Waals surface area contributed by atoms with E-state index in [1.54, 1.807) is 6.08 Å². The molecule has 2 aromatic rings. The Morgan fingerprint density at radius 2 is 2.05 bits per heavy atom. The highest BCUT2D eigenvalue weighted by Crippen LogP contribution is 2.19. The molecule has 0 unspecified atom stereocenters. The van der Waals surface area contributed by atoms with Crippen LogP contribution in [0.15, 0.2) is 54.4 Å². The molecule has 0 aliphatic carbocycles. The predicted molar refractivity (Wildman–Crippen MR) is 80.4 cm³/mol. The molecule has 0 radical (unpaired) electrons. The predicted octanol–water partition coefficient (Wildman–Crippen LogP) is 3.88. The second kappa shape index (κ2) is 6.34. The molecule has 0 N–H and O–H groups in total. The van der Waals surface area contributed by atoms with E-state index >= 15 is 0 Å². The van der Waals surface area contributed by atoms with Crippen LogP contribution in [0.4, 0.5) is 0 Å². The van der Waals surface area contributed by atoms with Gasteiger partial charge in [-0.25, -0.2) is 0 Å². The summed E-state index contributed by atoms with van der Waals surface area (Å²) in [5.41, 5.74) is 2.17. The topological polar surface area (TPSA) is 20.3 Å². The van der Waals surface area contributed by atoms with E-state index in [1.165, 1.54) is 11.3 Å². The zero-order valence-electron chi connectivity index (χ0n) is 11.0. The van der Waals surface area contributed by atoms with Gasteiger partial charge in [0.1, 0.15) is 0 Å². The van der Waals surface area contributed by atoms with Crippen molar-refractivity contribution in [3.8, 4) is 0 Å². The second-order valence-electron chi connectivity index (χ2n) is 4.39. The Hall–Kier alpha value is -1.87. The van der Waals surface area contributed by atoms with Gasteiger partial charge in [0.15, 0.2) is 0 Å². The second-order valence-corrected chi connectivity index (χ2v) is 5.31. The molecule has 0 spiro atoms. The Balaban J connectivity index is 2.18. The van der Waals surface area contributed by atoms with Gasteiger partial charge in [0.25, 0.3) is 5.91 Å². The third-order valence-corrected chi connectivity index (χ3v) is 3.91. The number of thiophene rings is 1. The van der Waals surface area contributed by atoms with Crippen molar-refractivity contribution >= 4 is 17.2 Å². The fourth-order valence-corrected chi connectivity index (χ4v) is 2.81. The Bertz CT molecular complexity index is 559. The van der Waals surface area contributed by atoms with Gasteiger partial charge in [-0.1, -0.05) is 36.4 Å². The molecule has 1 aromatic heterocycles. The molecule has 0 aliphatic rings. The Morgan fingerprint density at radius 1 is 1.32 bits per heavy atom. The maximum Gasteiger partial charge on any atom is 0.264 e. The molecule has 0 fully saturated rings. The van der Waals surface area contributed by atoms with Crippen molar-refractivity contribution in [1.82, 2.24) is 4.90 Å². The highest BCUT2D eigenvalue weighted by atomic mass is 32.1. The van der Waals surface area contributed by atoms with Crippen LogP contribution < -0.4 is 0 Å². The van der Waals surface area contributed by atoms with Crippen LogP contribution in [-0.4, -0.2) is 17.4 Å². The molecule has 0 aliphatic heterocycles. The minimum absolute atomic E-state index is 0.0799. The number of rotatable bonds is 5. The minimum atomic E-state index is 0.0799. The van der Waals surface area contributed by atoms with Crippen LogP contribution in [0.3, 0.4) is 0 Å². The molecule has 1 aromatic carbocycles. The Morgan fingerprint density at radius 3 is 2.63 bits per heavy atom. The SMILES string of the molecule is C=CCN(Cc1ccccc1)C(=O)c1sccc1C. The van der Waals surface area contributed by atoms with Gasteiger partial charge < -0.3 is 4.90 Å². The molecule has 0 bridgehead atoms. The van der Waals surface area contributed by atoms with E-state index in [0.29, 0.717) is 13.1 Å². The number of benzene rings is 1. The lowest BCUT2D eigenvalue weighted by Gasteiger charge is -2.21. The van der Waals surface area contributed by atoms with E-state index in [9.17, 15) is 4.79 Å². The van der Waals surface area contributed by atoms with Gasteiger partial charge in [-0.15, -0.1) is 17.9 Å². The first-order chi connectivity index (χ1) is 9.22. The molecule has 3 heteroatoms. The van der Waals surface area contributed by atoms with E-state index in [4.69, 9.17) is 0 Å². The number of hydrogen-bond acceptors (Lipinski definition) is 2. The minimum Gasteiger partial charge on any atom is -0.330 e. The largest absolute Gasteiger partial charge is 0.330 e. The lowest BCUT2D eigenvalue weighted by molar-refractivity contribution is 0.0767. The number of carbonyl (C=O) groups excluding carboxylic acids is 1. The third kappa shape index (κ3) is 3.32. The van der Waals surface area contributed by atoms with Gasteiger partial charge >= 0.3 is 0 Å². The Labute approximate surface area is 118 Å². The van der Waals surface area contributed by atoms with Crippen molar-refractivity contribution in [2.75, 3.05) is 6.54 Å². The van der Waals surface area contributed by atoms with Gasteiger partial charge in [-0.05, 0) is 29.5 Å². The molecule has 2 rings (SSSR count). The summed E-state index contributed by atoms with van der Waals surface area (Å²) in [6.07, 6.45) is 1.77. The highest BCUT2D eigenvalue weighted by Gasteiger charge is 2.17. The molecule has 1 amide bonds. The summed E-state index contributed by atoms with van der Waals surface area (Å²) in [5, 5.41) is 1.96. The molecule has 0 saturated carbocycles. The van der Waals surface area contributed by atoms with E-state index in [2.05, 4.69) is 6.58 Å². The van der Waals surface area contributed by atoms with Gasteiger partial charge in [-0.3, -0.25) is 4.79 Å². The van der Waals surface area contributed by atoms with Crippen LogP contribution in [-0.2, 0) is 6.54 Å². The monoisotopic (exact) mass is 271 g/mol. The summed E-state index contributed by atoms with van der Waals surface area (Å²) in [5.74, 6) is 0.0799. The normalized spacial score (nSPS) is 10.2. The molecule has 1 heterocycles. The molecule has 19 heavy (non-hydrogen) atoms. The fraction of sp³-hybridized carbons (Fsp3) is 0.188. The third-order valence-electron chi connectivity index (χ3n) is 2.91. The van der Waals surface area contributed by atoms with Crippen LogP contribution in [0.25, 0.3) is 0 Å². The van der Waals surface area contributed by atoms with Crippen molar-refractivity contribution in [2.24, 2.45) is 0 Å². The number of hydrogen-bond donors (Lipinski definition) is 0. The van der Waals surface area contributed by atoms with Crippen molar-refractivity contribution in [1.29, 1.82) is 0 Å². The Kier molecular flexibility index (Phi) is 4.53. The molecular weight excluding hydrogens is 254 g/mol. The fourth-order valence-electron chi connectivity index (χ4n) is 1.91. The van der Waals surface area contributed by atoms with Gasteiger partial charge in [0, 0.05) is 13.1 Å². The summed E-state index contributed by atoms with van der Waals surface area (Å²) in [6.45, 7) is 6.88. The quantitative estimate of drug-likeness (QED) is 0.756. The van der Waals surface area contributed by atoms with Gasteiger partial charge in [0.05, 0.1) is 4.88 Å². The van der Waals surface area contributed by atoms with Crippen LogP contribution in [0.2, 0.25) is 0 Å². The van der Waals surface area contributed by atoms with E-state index in [0.717, 1.165) is 16.0 Å². The van der Waals surface area contributed by atoms with Gasteiger partial charge in [0.2, 0.25) is 0 Å². The highest BCUT2D eigenvalue weighted by molar-refractivity contribution is 7.12. The van der Waals surface area contributed by atoms with Crippen molar-refractivity contribution < 1.29 is 4.79 Å². The summed E-state index contributed by atoms with van der Waals surface area (Å²) >= 11 is 1.50. The van der Waals surface area contributed by atoms with E-state index < -0.39 is 0 Å². The maximum atomic E-state index is 12.5. The lowest BCUT2D eigenvalue weighted by atomic mass is 10.2. The van der Waals surface area contributed by atoms with Crippen molar-refractivity contribution in [3.63, 3.8) is 0 Å². The summed E-state index contributed by atoms with van der Waals surface area (Å²) in [4.78, 5) is 15.1. The first-order valence-electron chi connectivity index (χ1n) is 6.20. The molecule has 0 atom stereocenters. The number of aryl methyl sites for hydroxylation is 1. The maximum absolute atomic E-state index is 12.5. The van der Waals surface area contributed by atoms with Crippen LogP contribution in [0, 0.1) is 6.92 Å². The smallest absolute Gasteiger partial charge is 0.264 e. The summed E-state index contributed by atoms with van der Waals surface area (Å²) in [6, 6.07) is 12.0. The molecule has 0 saturated heterocycles. The molecule has 98 valence electrons. The van der Waals surface area contributed by atoms with Crippen molar-refractivity contribution in [3.05, 3.63) is 70.4 Å². The first-order valence-corrected chi connectivity index (χ1v) is 7.08. The van der Waals surface area contributed by atoms with Gasteiger partial charge in [-0.2, -0.15) is 0 Å². The van der Waals surface area contributed by atoms with E-state index in [-0.39, 0.29) is 5.91 Å². The van der Waals surface area contributed by atoms with Crippen LogP contribution >= 0.6 is 11.3 Å². The number of amides is 1. The van der Waals surface area contributed by atoms with Crippen LogP contribution in [0.5, 0.6) is 0 Å². The van der Waals surface area contributed by atoms with Crippen LogP contribution in [0.1, 0.15) is 20.8 Å². The van der Waals surface area contributed by atoms with E-state index in [1.807, 2.05) is 53.6 Å². The summed E-state index contributed by atoms with van der Waals surface area (Å²) < 4.78 is 0. The lowest BCUT2D eigenvalue weighted by Crippen LogP contribution is -2.30. The summed E-state index contributed by atoms with van der Waals surface area (Å²) in [7, 11) is 0. The first kappa shape index (κ1) is 13.6. The average molecular weight is 271 g/mol. The molecule has 2 nitrogen and oxygen atoms in total. The average Bonchev–Trinajstić information content (AvgIpc) is 2.85. The molecular formula is C16H17NOS.